The zero-order chi connectivity index (χ0) is 9.14. The van der Waals surface area contributed by atoms with Gasteiger partial charge < -0.3 is 5.21 Å². The first-order valence-corrected chi connectivity index (χ1v) is 3.97. The highest BCUT2D eigenvalue weighted by Crippen LogP contribution is 2.21. The van der Waals surface area contributed by atoms with Crippen LogP contribution >= 0.6 is 11.6 Å². The van der Waals surface area contributed by atoms with E-state index in [2.05, 4.69) is 5.16 Å². The molecule has 0 aliphatic heterocycles. The fraction of sp³-hybridized carbons (Fsp3) is 0.222. The summed E-state index contributed by atoms with van der Waals surface area (Å²) in [5.41, 5.74) is 2.89. The van der Waals surface area contributed by atoms with Crippen molar-refractivity contribution in [3.8, 4) is 0 Å². The highest BCUT2D eigenvalue weighted by molar-refractivity contribution is 6.33. The average molecular weight is 184 g/mol. The van der Waals surface area contributed by atoms with Crippen LogP contribution < -0.4 is 0 Å². The largest absolute Gasteiger partial charge is 0.411 e. The van der Waals surface area contributed by atoms with E-state index in [1.54, 1.807) is 0 Å². The summed E-state index contributed by atoms with van der Waals surface area (Å²) in [4.78, 5) is 0. The molecular weight excluding hydrogens is 174 g/mol. The van der Waals surface area contributed by atoms with Gasteiger partial charge in [-0.3, -0.25) is 0 Å². The second-order valence-electron chi connectivity index (χ2n) is 2.66. The van der Waals surface area contributed by atoms with E-state index in [0.29, 0.717) is 5.02 Å². The second-order valence-corrected chi connectivity index (χ2v) is 3.03. The smallest absolute Gasteiger partial charge is 0.0748 e. The zero-order valence-corrected chi connectivity index (χ0v) is 7.76. The summed E-state index contributed by atoms with van der Waals surface area (Å²) in [5.74, 6) is 0. The molecule has 0 fully saturated rings. The number of oxime groups is 1. The maximum Gasteiger partial charge on any atom is 0.0748 e. The molecule has 0 unspecified atom stereocenters. The molecule has 0 amide bonds. The lowest BCUT2D eigenvalue weighted by Crippen LogP contribution is -1.89. The van der Waals surface area contributed by atoms with Crippen molar-refractivity contribution in [3.05, 3.63) is 33.8 Å². The van der Waals surface area contributed by atoms with E-state index >= 15 is 0 Å². The number of benzene rings is 1. The van der Waals surface area contributed by atoms with Gasteiger partial charge in [0.2, 0.25) is 0 Å². The summed E-state index contributed by atoms with van der Waals surface area (Å²) in [7, 11) is 0. The number of nitrogens with zero attached hydrogens (tertiary/aromatic N) is 1. The summed E-state index contributed by atoms with van der Waals surface area (Å²) in [6.07, 6.45) is 1.33. The third kappa shape index (κ3) is 1.59. The molecule has 1 N–H and O–H groups in total. The van der Waals surface area contributed by atoms with Gasteiger partial charge in [0.25, 0.3) is 0 Å². The third-order valence-electron chi connectivity index (χ3n) is 1.88. The lowest BCUT2D eigenvalue weighted by molar-refractivity contribution is 0.322. The molecule has 3 heteroatoms. The minimum absolute atomic E-state index is 0.646. The van der Waals surface area contributed by atoms with Gasteiger partial charge in [0.1, 0.15) is 0 Å². The van der Waals surface area contributed by atoms with E-state index in [1.807, 2.05) is 26.0 Å². The van der Waals surface area contributed by atoms with Crippen LogP contribution in [0, 0.1) is 13.8 Å². The third-order valence-corrected chi connectivity index (χ3v) is 2.39. The summed E-state index contributed by atoms with van der Waals surface area (Å²) < 4.78 is 0. The molecule has 0 aliphatic carbocycles. The molecule has 64 valence electrons. The van der Waals surface area contributed by atoms with E-state index in [9.17, 15) is 0 Å². The van der Waals surface area contributed by atoms with Crippen LogP contribution in [0.1, 0.15) is 16.7 Å². The van der Waals surface area contributed by atoms with Crippen LogP contribution in [0.25, 0.3) is 0 Å². The first-order chi connectivity index (χ1) is 5.66. The van der Waals surface area contributed by atoms with Crippen molar-refractivity contribution in [2.75, 3.05) is 0 Å². The van der Waals surface area contributed by atoms with E-state index in [1.165, 1.54) is 6.21 Å². The van der Waals surface area contributed by atoms with Gasteiger partial charge in [-0.2, -0.15) is 0 Å². The minimum Gasteiger partial charge on any atom is -0.411 e. The Balaban J connectivity index is 3.26. The van der Waals surface area contributed by atoms with Crippen LogP contribution in [0.2, 0.25) is 5.02 Å². The van der Waals surface area contributed by atoms with Crippen LogP contribution in [0.5, 0.6) is 0 Å². The minimum atomic E-state index is 0.646. The monoisotopic (exact) mass is 183 g/mol. The quantitative estimate of drug-likeness (QED) is 0.405. The van der Waals surface area contributed by atoms with Crippen molar-refractivity contribution < 1.29 is 5.21 Å². The lowest BCUT2D eigenvalue weighted by atomic mass is 10.1. The molecule has 0 radical (unpaired) electrons. The number of hydrogen-bond donors (Lipinski definition) is 1. The first kappa shape index (κ1) is 9.07. The summed E-state index contributed by atoms with van der Waals surface area (Å²) >= 11 is 5.97. The van der Waals surface area contributed by atoms with E-state index < -0.39 is 0 Å². The molecule has 0 atom stereocenters. The fourth-order valence-electron chi connectivity index (χ4n) is 0.964. The predicted molar refractivity (Wildman–Crippen MR) is 50.3 cm³/mol. The standard InChI is InChI=1S/C9H10ClNO/c1-6-3-4-8(5-11-12)9(10)7(6)2/h3-5,12H,1-2H3. The highest BCUT2D eigenvalue weighted by atomic mass is 35.5. The Morgan fingerprint density at radius 1 is 1.42 bits per heavy atom. The molecule has 1 aromatic carbocycles. The lowest BCUT2D eigenvalue weighted by Gasteiger charge is -2.04. The van der Waals surface area contributed by atoms with Gasteiger partial charge in [0, 0.05) is 5.56 Å². The van der Waals surface area contributed by atoms with Crippen molar-refractivity contribution in [2.45, 2.75) is 13.8 Å². The Bertz CT molecular complexity index is 321. The van der Waals surface area contributed by atoms with E-state index in [0.717, 1.165) is 16.7 Å². The number of hydrogen-bond acceptors (Lipinski definition) is 2. The number of halogens is 1. The van der Waals surface area contributed by atoms with Gasteiger partial charge >= 0.3 is 0 Å². The highest BCUT2D eigenvalue weighted by Gasteiger charge is 2.02. The average Bonchev–Trinajstić information content (AvgIpc) is 2.07. The molecular formula is C9H10ClNO. The van der Waals surface area contributed by atoms with Crippen LogP contribution in [0.4, 0.5) is 0 Å². The molecule has 2 nitrogen and oxygen atoms in total. The van der Waals surface area contributed by atoms with Crippen LogP contribution in [0.15, 0.2) is 17.3 Å². The summed E-state index contributed by atoms with van der Waals surface area (Å²) in [5, 5.41) is 11.9. The Morgan fingerprint density at radius 2 is 2.08 bits per heavy atom. The fourth-order valence-corrected chi connectivity index (χ4v) is 1.23. The molecule has 0 saturated heterocycles. The van der Waals surface area contributed by atoms with Crippen LogP contribution in [0.3, 0.4) is 0 Å². The van der Waals surface area contributed by atoms with Gasteiger partial charge in [0.15, 0.2) is 0 Å². The van der Waals surface area contributed by atoms with Gasteiger partial charge in [-0.05, 0) is 25.0 Å². The maximum atomic E-state index is 8.32. The molecule has 0 heterocycles. The van der Waals surface area contributed by atoms with Gasteiger partial charge in [-0.1, -0.05) is 28.9 Å². The Kier molecular flexibility index (Phi) is 2.71. The first-order valence-electron chi connectivity index (χ1n) is 3.60. The second kappa shape index (κ2) is 3.59. The van der Waals surface area contributed by atoms with Crippen LogP contribution in [-0.4, -0.2) is 11.4 Å². The van der Waals surface area contributed by atoms with Crippen molar-refractivity contribution in [2.24, 2.45) is 5.16 Å². The van der Waals surface area contributed by atoms with Gasteiger partial charge in [-0.25, -0.2) is 0 Å². The Hall–Kier alpha value is -1.02. The van der Waals surface area contributed by atoms with Crippen molar-refractivity contribution in [3.63, 3.8) is 0 Å². The molecule has 1 aromatic rings. The molecule has 0 aromatic heterocycles. The van der Waals surface area contributed by atoms with E-state index in [4.69, 9.17) is 16.8 Å². The van der Waals surface area contributed by atoms with Crippen molar-refractivity contribution >= 4 is 17.8 Å². The molecule has 1 rings (SSSR count). The van der Waals surface area contributed by atoms with E-state index in [-0.39, 0.29) is 0 Å². The Labute approximate surface area is 76.5 Å². The number of aryl methyl sites for hydroxylation is 1. The topological polar surface area (TPSA) is 32.6 Å². The van der Waals surface area contributed by atoms with Crippen molar-refractivity contribution in [1.82, 2.24) is 0 Å². The van der Waals surface area contributed by atoms with Crippen molar-refractivity contribution in [1.29, 1.82) is 0 Å². The molecule has 0 saturated carbocycles. The SMILES string of the molecule is Cc1ccc(C=NO)c(Cl)c1C. The zero-order valence-electron chi connectivity index (χ0n) is 7.00. The molecule has 0 aliphatic rings. The number of rotatable bonds is 1. The maximum absolute atomic E-state index is 8.32. The molecule has 12 heavy (non-hydrogen) atoms. The molecule has 0 spiro atoms. The predicted octanol–water partition coefficient (Wildman–Crippen LogP) is 2.76. The Morgan fingerprint density at radius 3 is 2.67 bits per heavy atom. The molecule has 0 bridgehead atoms. The van der Waals surface area contributed by atoms with Gasteiger partial charge in [0.05, 0.1) is 11.2 Å². The van der Waals surface area contributed by atoms with Crippen LogP contribution in [-0.2, 0) is 0 Å². The summed E-state index contributed by atoms with van der Waals surface area (Å²) in [6.45, 7) is 3.92. The summed E-state index contributed by atoms with van der Waals surface area (Å²) in [6, 6.07) is 3.77. The van der Waals surface area contributed by atoms with Gasteiger partial charge in [-0.15, -0.1) is 0 Å². The normalized spacial score (nSPS) is 10.9.